The molecule has 0 saturated heterocycles. The number of aromatic nitrogens is 3. The van der Waals surface area contributed by atoms with Crippen molar-refractivity contribution in [1.29, 1.82) is 0 Å². The minimum Gasteiger partial charge on any atom is -0.493 e. The van der Waals surface area contributed by atoms with E-state index in [0.29, 0.717) is 58.1 Å². The molecule has 2 aromatic heterocycles. The highest BCUT2D eigenvalue weighted by Gasteiger charge is 2.45. The van der Waals surface area contributed by atoms with Crippen LogP contribution in [0.2, 0.25) is 0 Å². The van der Waals surface area contributed by atoms with Crippen molar-refractivity contribution < 1.29 is 24.0 Å². The molecule has 0 unspecified atom stereocenters. The van der Waals surface area contributed by atoms with Crippen LogP contribution >= 0.6 is 0 Å². The first-order valence-electron chi connectivity index (χ1n) is 13.3. The molecule has 0 aliphatic carbocycles. The quantitative estimate of drug-likeness (QED) is 0.108. The average molecular weight is 561 g/mol. The van der Waals surface area contributed by atoms with Crippen LogP contribution in [0.25, 0.3) is 22.6 Å². The van der Waals surface area contributed by atoms with Crippen molar-refractivity contribution in [3.8, 4) is 23.0 Å². The Labute approximate surface area is 236 Å². The van der Waals surface area contributed by atoms with E-state index in [2.05, 4.69) is 20.3 Å². The minimum atomic E-state index is -0.928. The van der Waals surface area contributed by atoms with Crippen molar-refractivity contribution in [3.05, 3.63) is 69.4 Å². The highest BCUT2D eigenvalue weighted by atomic mass is 16.6. The van der Waals surface area contributed by atoms with Gasteiger partial charge < -0.3 is 24.8 Å². The van der Waals surface area contributed by atoms with E-state index in [1.165, 1.54) is 17.2 Å². The standard InChI is InChI=1S/C29H32N6O6/c1-29(2)19-7-8-20-25(33-26(32-20)21-15-18(16-31-21)35(38)39)24(19)27(36)34(28(29)37)13-5-11-30-12-10-17-6-9-22(40-3)23(14-17)41-4/h6-9,14-16,30-31H,5,10-13H2,1-4H3,(H,32,33). The number of amides is 2. The Balaban J connectivity index is 1.28. The molecular formula is C29H32N6O6. The lowest BCUT2D eigenvalue weighted by molar-refractivity contribution is -0.384. The maximum atomic E-state index is 13.7. The predicted molar refractivity (Wildman–Crippen MR) is 152 cm³/mol. The number of imidazole rings is 1. The lowest BCUT2D eigenvalue weighted by Gasteiger charge is -2.37. The fourth-order valence-electron chi connectivity index (χ4n) is 5.20. The largest absolute Gasteiger partial charge is 0.493 e. The number of fused-ring (bicyclic) bond motifs is 3. The van der Waals surface area contributed by atoms with E-state index < -0.39 is 16.2 Å². The molecule has 3 heterocycles. The smallest absolute Gasteiger partial charge is 0.287 e. The van der Waals surface area contributed by atoms with Crippen LogP contribution in [0, 0.1) is 10.1 Å². The number of benzene rings is 2. The van der Waals surface area contributed by atoms with Gasteiger partial charge in [-0.3, -0.25) is 24.6 Å². The fourth-order valence-corrected chi connectivity index (χ4v) is 5.20. The van der Waals surface area contributed by atoms with Gasteiger partial charge in [0, 0.05) is 12.6 Å². The van der Waals surface area contributed by atoms with E-state index in [1.54, 1.807) is 26.4 Å². The lowest BCUT2D eigenvalue weighted by Crippen LogP contribution is -2.52. The van der Waals surface area contributed by atoms with Crippen molar-refractivity contribution in [2.24, 2.45) is 0 Å². The van der Waals surface area contributed by atoms with Crippen molar-refractivity contribution in [1.82, 2.24) is 25.2 Å². The zero-order valence-corrected chi connectivity index (χ0v) is 23.4. The van der Waals surface area contributed by atoms with E-state index in [4.69, 9.17) is 9.47 Å². The van der Waals surface area contributed by atoms with E-state index >= 15 is 0 Å². The van der Waals surface area contributed by atoms with Crippen LogP contribution in [0.5, 0.6) is 11.5 Å². The highest BCUT2D eigenvalue weighted by molar-refractivity contribution is 6.18. The number of rotatable bonds is 11. The Bertz CT molecular complexity index is 1640. The predicted octanol–water partition coefficient (Wildman–Crippen LogP) is 3.97. The van der Waals surface area contributed by atoms with Crippen LogP contribution in [0.4, 0.5) is 5.69 Å². The summed E-state index contributed by atoms with van der Waals surface area (Å²) in [4.78, 5) is 49.7. The number of nitrogens with zero attached hydrogens (tertiary/aromatic N) is 3. The number of hydrogen-bond acceptors (Lipinski definition) is 8. The van der Waals surface area contributed by atoms with Crippen LogP contribution in [0.15, 0.2) is 42.6 Å². The van der Waals surface area contributed by atoms with E-state index in [-0.39, 0.29) is 18.1 Å². The van der Waals surface area contributed by atoms with Gasteiger partial charge >= 0.3 is 0 Å². The summed E-state index contributed by atoms with van der Waals surface area (Å²) in [7, 11) is 3.21. The number of imide groups is 1. The Morgan fingerprint density at radius 1 is 1.07 bits per heavy atom. The summed E-state index contributed by atoms with van der Waals surface area (Å²) in [5.74, 6) is 1.09. The van der Waals surface area contributed by atoms with Crippen LogP contribution in [0.3, 0.4) is 0 Å². The molecule has 41 heavy (non-hydrogen) atoms. The Hall–Kier alpha value is -4.71. The van der Waals surface area contributed by atoms with Gasteiger partial charge in [-0.2, -0.15) is 0 Å². The third kappa shape index (κ3) is 5.13. The molecule has 4 aromatic rings. The summed E-state index contributed by atoms with van der Waals surface area (Å²) < 4.78 is 10.6. The molecule has 0 fully saturated rings. The van der Waals surface area contributed by atoms with Gasteiger partial charge in [0.2, 0.25) is 5.91 Å². The second kappa shape index (κ2) is 11.0. The Kier molecular flexibility index (Phi) is 7.50. The molecule has 214 valence electrons. The molecule has 1 aliphatic rings. The van der Waals surface area contributed by atoms with Gasteiger partial charge in [-0.05, 0) is 69.1 Å². The van der Waals surface area contributed by atoms with Crippen LogP contribution in [-0.4, -0.2) is 70.4 Å². The number of nitrogens with one attached hydrogen (secondary N) is 3. The van der Waals surface area contributed by atoms with Crippen molar-refractivity contribution in [2.45, 2.75) is 32.1 Å². The highest BCUT2D eigenvalue weighted by Crippen LogP contribution is 2.38. The third-order valence-corrected chi connectivity index (χ3v) is 7.47. The molecule has 0 atom stereocenters. The summed E-state index contributed by atoms with van der Waals surface area (Å²) in [6, 6.07) is 10.8. The Morgan fingerprint density at radius 3 is 2.56 bits per heavy atom. The van der Waals surface area contributed by atoms with Gasteiger partial charge in [-0.15, -0.1) is 0 Å². The zero-order valence-electron chi connectivity index (χ0n) is 23.4. The average Bonchev–Trinajstić information content (AvgIpc) is 3.62. The Morgan fingerprint density at radius 2 is 1.85 bits per heavy atom. The number of methoxy groups -OCH3 is 2. The maximum Gasteiger partial charge on any atom is 0.287 e. The monoisotopic (exact) mass is 560 g/mol. The number of carbonyl (C=O) groups excluding carboxylic acids is 2. The number of aromatic amines is 2. The molecule has 0 bridgehead atoms. The summed E-state index contributed by atoms with van der Waals surface area (Å²) in [6.07, 6.45) is 2.66. The van der Waals surface area contributed by atoms with Crippen LogP contribution in [0.1, 0.15) is 41.8 Å². The fraction of sp³-hybridized carbons (Fsp3) is 0.345. The topological polar surface area (TPSA) is 155 Å². The van der Waals surface area contributed by atoms with Gasteiger partial charge in [-0.25, -0.2) is 4.98 Å². The summed E-state index contributed by atoms with van der Waals surface area (Å²) in [6.45, 7) is 5.23. The van der Waals surface area contributed by atoms with Gasteiger partial charge in [0.15, 0.2) is 17.3 Å². The van der Waals surface area contributed by atoms with Crippen LogP contribution < -0.4 is 14.8 Å². The van der Waals surface area contributed by atoms with Gasteiger partial charge in [0.25, 0.3) is 11.6 Å². The second-order valence-electron chi connectivity index (χ2n) is 10.4. The third-order valence-electron chi connectivity index (χ3n) is 7.47. The maximum absolute atomic E-state index is 13.7. The molecule has 0 radical (unpaired) electrons. The van der Waals surface area contributed by atoms with E-state index in [1.807, 2.05) is 32.0 Å². The summed E-state index contributed by atoms with van der Waals surface area (Å²) >= 11 is 0. The molecule has 0 spiro atoms. The summed E-state index contributed by atoms with van der Waals surface area (Å²) in [5, 5.41) is 14.5. The SMILES string of the molecule is COc1ccc(CCNCCCN2C(=O)c3c(ccc4[nH]c(-c5cc([N+](=O)[O-])c[nH]5)nc34)C(C)(C)C2=O)cc1OC. The van der Waals surface area contributed by atoms with Crippen molar-refractivity contribution >= 4 is 28.5 Å². The van der Waals surface area contributed by atoms with Crippen molar-refractivity contribution in [3.63, 3.8) is 0 Å². The molecule has 12 heteroatoms. The van der Waals surface area contributed by atoms with Crippen LogP contribution in [-0.2, 0) is 16.6 Å². The lowest BCUT2D eigenvalue weighted by atomic mass is 9.76. The molecule has 12 nitrogen and oxygen atoms in total. The van der Waals surface area contributed by atoms with E-state index in [0.717, 1.165) is 18.5 Å². The molecule has 5 rings (SSSR count). The molecule has 3 N–H and O–H groups in total. The number of H-pyrrole nitrogens is 2. The molecular weight excluding hydrogens is 528 g/mol. The summed E-state index contributed by atoms with van der Waals surface area (Å²) in [5.41, 5.74) is 2.53. The molecule has 2 aromatic carbocycles. The number of carbonyl (C=O) groups is 2. The second-order valence-corrected chi connectivity index (χ2v) is 10.4. The van der Waals surface area contributed by atoms with Gasteiger partial charge in [-0.1, -0.05) is 12.1 Å². The van der Waals surface area contributed by atoms with Gasteiger partial charge in [0.05, 0.1) is 47.5 Å². The number of ether oxygens (including phenoxy) is 2. The molecule has 0 saturated carbocycles. The number of nitro groups is 1. The van der Waals surface area contributed by atoms with E-state index in [9.17, 15) is 19.7 Å². The number of hydrogen-bond donors (Lipinski definition) is 3. The minimum absolute atomic E-state index is 0.0891. The first kappa shape index (κ1) is 27.8. The van der Waals surface area contributed by atoms with Crippen molar-refractivity contribution in [2.75, 3.05) is 33.9 Å². The van der Waals surface area contributed by atoms with Gasteiger partial charge in [0.1, 0.15) is 5.52 Å². The molecule has 2 amide bonds. The first-order valence-corrected chi connectivity index (χ1v) is 13.3. The first-order chi connectivity index (χ1) is 19.6. The zero-order chi connectivity index (χ0) is 29.3. The molecule has 1 aliphatic heterocycles. The normalized spacial score (nSPS) is 14.4.